The number of likely N-dealkylation sites (N-methyl/N-ethyl adjacent to an activating group) is 1. The summed E-state index contributed by atoms with van der Waals surface area (Å²) >= 11 is 0. The Balaban J connectivity index is 4.13. The molecule has 0 aliphatic carbocycles. The van der Waals surface area contributed by atoms with Gasteiger partial charge in [-0.15, -0.1) is 0 Å². The smallest absolute Gasteiger partial charge is 0.387 e. The monoisotopic (exact) mass is 1030 g/mol. The second-order valence-corrected chi connectivity index (χ2v) is 23.5. The van der Waals surface area contributed by atoms with Crippen molar-refractivity contribution in [2.24, 2.45) is 0 Å². The van der Waals surface area contributed by atoms with Crippen molar-refractivity contribution in [2.75, 3.05) is 40.9 Å². The highest BCUT2D eigenvalue weighted by Gasteiger charge is 2.27. The van der Waals surface area contributed by atoms with Gasteiger partial charge in [0.25, 0.3) is 0 Å². The van der Waals surface area contributed by atoms with E-state index in [1.165, 1.54) is 186 Å². The fourth-order valence-electron chi connectivity index (χ4n) is 8.98. The van der Waals surface area contributed by atoms with Crippen molar-refractivity contribution < 1.29 is 32.9 Å². The number of allylic oxidation sites excluding steroid dienone is 9. The molecule has 0 bridgehead atoms. The van der Waals surface area contributed by atoms with Crippen molar-refractivity contribution in [1.29, 1.82) is 0 Å². The Hall–Kier alpha value is -1.80. The lowest BCUT2D eigenvalue weighted by molar-refractivity contribution is -0.870. The van der Waals surface area contributed by atoms with Crippen LogP contribution in [0.4, 0.5) is 0 Å². The zero-order chi connectivity index (χ0) is 52.7. The average Bonchev–Trinajstić information content (AvgIpc) is 3.34. The summed E-state index contributed by atoms with van der Waals surface area (Å²) in [5, 5.41) is 14.0. The molecule has 422 valence electrons. The highest BCUT2D eigenvalue weighted by Crippen LogP contribution is 2.43. The van der Waals surface area contributed by atoms with Gasteiger partial charge in [-0.05, 0) is 57.8 Å². The van der Waals surface area contributed by atoms with Gasteiger partial charge in [-0.25, -0.2) is 4.57 Å². The van der Waals surface area contributed by atoms with Crippen LogP contribution in [0.15, 0.2) is 60.8 Å². The number of aliphatic hydroxyl groups excluding tert-OH is 1. The Morgan fingerprint density at radius 1 is 0.486 bits per heavy atom. The number of hydrogen-bond donors (Lipinski definition) is 3. The highest BCUT2D eigenvalue weighted by atomic mass is 31.2. The van der Waals surface area contributed by atoms with Crippen LogP contribution in [0.1, 0.15) is 284 Å². The molecule has 0 saturated heterocycles. The third-order valence-electron chi connectivity index (χ3n) is 13.7. The van der Waals surface area contributed by atoms with Crippen LogP contribution in [-0.2, 0) is 18.4 Å². The lowest BCUT2D eigenvalue weighted by atomic mass is 10.0. The van der Waals surface area contributed by atoms with E-state index in [1.54, 1.807) is 6.08 Å². The Kier molecular flexibility index (Phi) is 52.7. The largest absolute Gasteiger partial charge is 0.472 e. The van der Waals surface area contributed by atoms with Crippen LogP contribution in [0.2, 0.25) is 0 Å². The first-order valence-electron chi connectivity index (χ1n) is 30.7. The molecule has 8 nitrogen and oxygen atoms in total. The van der Waals surface area contributed by atoms with E-state index in [0.717, 1.165) is 77.0 Å². The number of hydrogen-bond acceptors (Lipinski definition) is 5. The number of unbranched alkanes of at least 4 members (excludes halogenated alkanes) is 35. The molecule has 0 aromatic rings. The standard InChI is InChI=1S/C63H119N2O6P/c1-6-8-10-12-14-16-18-20-22-24-26-27-28-29-30-31-32-33-34-35-36-37-39-40-42-44-46-48-50-52-54-56-62(66)61(60-71-72(68,69)70-59-58-65(3,4)5)64-63(67)57-55-53-51-49-47-45-43-41-38-25-23-21-19-17-15-13-11-9-7-2/h9,11,15,17,21,23,38,41,54,56,61-62,66H,6-8,10,12-14,16,18-20,22,24-37,39-40,42-53,55,57-60H2,1-5H3,(H-,64,67,68,69)/p+1/b11-9-,17-15-,23-21-,41-38-,56-54+. The number of carbonyl (C=O) groups excluding carboxylic acids is 1. The number of aliphatic hydroxyl groups is 1. The number of nitrogens with zero attached hydrogens (tertiary/aromatic N) is 1. The van der Waals surface area contributed by atoms with Crippen LogP contribution in [0.5, 0.6) is 0 Å². The van der Waals surface area contributed by atoms with Gasteiger partial charge in [0.2, 0.25) is 5.91 Å². The molecule has 0 aliphatic heterocycles. The van der Waals surface area contributed by atoms with E-state index in [1.807, 2.05) is 27.2 Å². The Labute approximate surface area is 447 Å². The quantitative estimate of drug-likeness (QED) is 0.0243. The number of quaternary nitrogens is 1. The maximum absolute atomic E-state index is 13.0. The number of rotatable bonds is 56. The zero-order valence-electron chi connectivity index (χ0n) is 48.2. The summed E-state index contributed by atoms with van der Waals surface area (Å²) in [5.41, 5.74) is 0. The summed E-state index contributed by atoms with van der Waals surface area (Å²) in [4.78, 5) is 23.3. The number of amides is 1. The summed E-state index contributed by atoms with van der Waals surface area (Å²) < 4.78 is 23.7. The van der Waals surface area contributed by atoms with Gasteiger partial charge in [-0.2, -0.15) is 0 Å². The van der Waals surface area contributed by atoms with Crippen molar-refractivity contribution in [1.82, 2.24) is 5.32 Å². The topological polar surface area (TPSA) is 105 Å². The lowest BCUT2D eigenvalue weighted by Crippen LogP contribution is -2.45. The van der Waals surface area contributed by atoms with Crippen molar-refractivity contribution >= 4 is 13.7 Å². The van der Waals surface area contributed by atoms with E-state index in [0.29, 0.717) is 17.4 Å². The van der Waals surface area contributed by atoms with Gasteiger partial charge < -0.3 is 19.8 Å². The molecule has 3 unspecified atom stereocenters. The van der Waals surface area contributed by atoms with Crippen LogP contribution in [0.3, 0.4) is 0 Å². The summed E-state index contributed by atoms with van der Waals surface area (Å²) in [7, 11) is 1.56. The van der Waals surface area contributed by atoms with Gasteiger partial charge in [0, 0.05) is 6.42 Å². The van der Waals surface area contributed by atoms with Gasteiger partial charge in [-0.3, -0.25) is 13.8 Å². The first kappa shape index (κ1) is 70.2. The van der Waals surface area contributed by atoms with Gasteiger partial charge in [0.15, 0.2) is 0 Å². The van der Waals surface area contributed by atoms with E-state index < -0.39 is 20.0 Å². The minimum absolute atomic E-state index is 0.0564. The molecule has 0 fully saturated rings. The molecule has 0 radical (unpaired) electrons. The van der Waals surface area contributed by atoms with Crippen molar-refractivity contribution in [3.63, 3.8) is 0 Å². The lowest BCUT2D eigenvalue weighted by Gasteiger charge is -2.25. The van der Waals surface area contributed by atoms with Crippen molar-refractivity contribution in [3.05, 3.63) is 60.8 Å². The summed E-state index contributed by atoms with van der Waals surface area (Å²) in [6, 6.07) is -0.858. The summed E-state index contributed by atoms with van der Waals surface area (Å²) in [5.74, 6) is -0.190. The Morgan fingerprint density at radius 2 is 0.833 bits per heavy atom. The van der Waals surface area contributed by atoms with Crippen LogP contribution in [-0.4, -0.2) is 73.4 Å². The second kappa shape index (κ2) is 54.0. The Bertz CT molecular complexity index is 1360. The molecule has 3 N–H and O–H groups in total. The van der Waals surface area contributed by atoms with E-state index in [-0.39, 0.29) is 19.1 Å². The van der Waals surface area contributed by atoms with E-state index in [2.05, 4.69) is 67.8 Å². The minimum atomic E-state index is -4.36. The van der Waals surface area contributed by atoms with Gasteiger partial charge in [0.05, 0.1) is 39.9 Å². The Morgan fingerprint density at radius 3 is 1.22 bits per heavy atom. The van der Waals surface area contributed by atoms with Gasteiger partial charge in [0.1, 0.15) is 13.2 Å². The fraction of sp³-hybridized carbons (Fsp3) is 0.825. The molecule has 0 spiro atoms. The second-order valence-electron chi connectivity index (χ2n) is 22.1. The highest BCUT2D eigenvalue weighted by molar-refractivity contribution is 7.47. The minimum Gasteiger partial charge on any atom is -0.387 e. The maximum Gasteiger partial charge on any atom is 0.472 e. The number of carbonyl (C=O) groups is 1. The number of nitrogens with one attached hydrogen (secondary N) is 1. The molecular weight excluding hydrogens is 912 g/mol. The normalized spacial score (nSPS) is 14.3. The molecule has 3 atom stereocenters. The fourth-order valence-corrected chi connectivity index (χ4v) is 9.71. The third kappa shape index (κ3) is 55.9. The molecule has 0 aliphatic rings. The molecule has 1 amide bonds. The number of phosphoric acid groups is 1. The maximum atomic E-state index is 13.0. The molecule has 0 rings (SSSR count). The third-order valence-corrected chi connectivity index (χ3v) is 14.7. The van der Waals surface area contributed by atoms with Crippen LogP contribution >= 0.6 is 7.82 Å². The molecular formula is C63H120N2O6P+. The average molecular weight is 1030 g/mol. The molecule has 72 heavy (non-hydrogen) atoms. The van der Waals surface area contributed by atoms with Gasteiger partial charge in [-0.1, -0.05) is 280 Å². The van der Waals surface area contributed by atoms with E-state index in [4.69, 9.17) is 9.05 Å². The first-order chi connectivity index (χ1) is 35.0. The van der Waals surface area contributed by atoms with Gasteiger partial charge >= 0.3 is 7.82 Å². The number of phosphoric ester groups is 1. The zero-order valence-corrected chi connectivity index (χ0v) is 49.1. The van der Waals surface area contributed by atoms with Crippen molar-refractivity contribution in [2.45, 2.75) is 296 Å². The predicted molar refractivity (Wildman–Crippen MR) is 314 cm³/mol. The molecule has 0 saturated carbocycles. The summed E-state index contributed by atoms with van der Waals surface area (Å²) in [6.45, 7) is 4.72. The SMILES string of the molecule is CC/C=C\C/C=C\C/C=C\C/C=C\CCCCCCCCC(=O)NC(COP(=O)(O)OCC[N+](C)(C)C)C(O)/C=C/CCCCCCCCCCCCCCCCCCCCCCCCCCCCCCC. The first-order valence-corrected chi connectivity index (χ1v) is 32.2. The van der Waals surface area contributed by atoms with Crippen LogP contribution in [0.25, 0.3) is 0 Å². The van der Waals surface area contributed by atoms with Crippen LogP contribution < -0.4 is 5.32 Å². The predicted octanol–water partition coefficient (Wildman–Crippen LogP) is 18.9. The van der Waals surface area contributed by atoms with E-state index in [9.17, 15) is 19.4 Å². The molecule has 0 aromatic carbocycles. The molecule has 0 aromatic heterocycles. The van der Waals surface area contributed by atoms with Crippen molar-refractivity contribution in [3.8, 4) is 0 Å². The molecule has 0 heterocycles. The molecule has 9 heteroatoms. The van der Waals surface area contributed by atoms with E-state index >= 15 is 0 Å². The summed E-state index contributed by atoms with van der Waals surface area (Å²) in [6.07, 6.45) is 73.4. The van der Waals surface area contributed by atoms with Crippen LogP contribution in [0, 0.1) is 0 Å².